The van der Waals surface area contributed by atoms with E-state index in [4.69, 9.17) is 0 Å². The molecule has 0 saturated heterocycles. The van der Waals surface area contributed by atoms with Gasteiger partial charge in [-0.3, -0.25) is 4.79 Å². The third-order valence-electron chi connectivity index (χ3n) is 4.18. The Labute approximate surface area is 181 Å². The first kappa shape index (κ1) is 19.6. The molecular formula is C23H15N3O2S2. The molecule has 0 spiro atoms. The van der Waals surface area contributed by atoms with Crippen molar-refractivity contribution >= 4 is 45.2 Å². The van der Waals surface area contributed by atoms with E-state index in [-0.39, 0.29) is 11.7 Å². The molecule has 30 heavy (non-hydrogen) atoms. The van der Waals surface area contributed by atoms with Crippen molar-refractivity contribution in [1.29, 1.82) is 5.26 Å². The number of hydrogen-bond donors (Lipinski definition) is 2. The Morgan fingerprint density at radius 1 is 1.10 bits per heavy atom. The summed E-state index contributed by atoms with van der Waals surface area (Å²) in [6, 6.07) is 21.9. The quantitative estimate of drug-likeness (QED) is 0.387. The number of phenols is 1. The number of amides is 1. The molecule has 7 heteroatoms. The summed E-state index contributed by atoms with van der Waals surface area (Å²) in [5.41, 5.74) is 2.49. The van der Waals surface area contributed by atoms with Gasteiger partial charge in [0.2, 0.25) is 0 Å². The second-order valence-electron chi connectivity index (χ2n) is 6.26. The largest absolute Gasteiger partial charge is 0.508 e. The van der Waals surface area contributed by atoms with E-state index in [1.165, 1.54) is 22.7 Å². The second kappa shape index (κ2) is 8.74. The maximum absolute atomic E-state index is 12.6. The van der Waals surface area contributed by atoms with Gasteiger partial charge in [-0.05, 0) is 35.2 Å². The standard InChI is InChI=1S/C23H15N3O2S2/c24-14-17(12-15-6-4-9-18(27)13-15)22-25-20(16-7-2-1-3-8-16)23(30-22)26-21(28)19-10-5-11-29-19/h1-13,27H,(H,26,28). The number of phenolic OH excluding ortho intramolecular Hbond substituents is 1. The van der Waals surface area contributed by atoms with Crippen LogP contribution >= 0.6 is 22.7 Å². The summed E-state index contributed by atoms with van der Waals surface area (Å²) in [5, 5.41) is 25.2. The van der Waals surface area contributed by atoms with E-state index in [2.05, 4.69) is 16.4 Å². The molecule has 4 rings (SSSR count). The van der Waals surface area contributed by atoms with Crippen molar-refractivity contribution in [3.8, 4) is 23.1 Å². The monoisotopic (exact) mass is 429 g/mol. The van der Waals surface area contributed by atoms with E-state index in [0.29, 0.717) is 31.7 Å². The number of thiophene rings is 1. The van der Waals surface area contributed by atoms with Gasteiger partial charge < -0.3 is 10.4 Å². The highest BCUT2D eigenvalue weighted by Crippen LogP contribution is 2.37. The number of allylic oxidation sites excluding steroid dienone is 1. The third kappa shape index (κ3) is 4.30. The maximum Gasteiger partial charge on any atom is 0.266 e. The number of hydrogen-bond acceptors (Lipinski definition) is 6. The average Bonchev–Trinajstić information content (AvgIpc) is 3.43. The summed E-state index contributed by atoms with van der Waals surface area (Å²) in [6.07, 6.45) is 1.66. The summed E-state index contributed by atoms with van der Waals surface area (Å²) in [6.45, 7) is 0. The Hall–Kier alpha value is -3.73. The molecule has 5 nitrogen and oxygen atoms in total. The molecule has 0 bridgehead atoms. The zero-order valence-electron chi connectivity index (χ0n) is 15.6. The van der Waals surface area contributed by atoms with E-state index in [1.54, 1.807) is 36.4 Å². The zero-order chi connectivity index (χ0) is 20.9. The first-order valence-corrected chi connectivity index (χ1v) is 10.7. The van der Waals surface area contributed by atoms with Crippen LogP contribution in [-0.4, -0.2) is 16.0 Å². The SMILES string of the molecule is N#CC(=Cc1cccc(O)c1)c1nc(-c2ccccc2)c(NC(=O)c2cccs2)s1. The van der Waals surface area contributed by atoms with Crippen molar-refractivity contribution in [2.45, 2.75) is 0 Å². The Morgan fingerprint density at radius 2 is 1.93 bits per heavy atom. The van der Waals surface area contributed by atoms with Crippen molar-refractivity contribution in [3.63, 3.8) is 0 Å². The van der Waals surface area contributed by atoms with Gasteiger partial charge in [0.15, 0.2) is 0 Å². The molecular weight excluding hydrogens is 414 g/mol. The molecule has 0 aliphatic carbocycles. The number of nitriles is 1. The van der Waals surface area contributed by atoms with Gasteiger partial charge >= 0.3 is 0 Å². The maximum atomic E-state index is 12.6. The highest BCUT2D eigenvalue weighted by molar-refractivity contribution is 7.18. The van der Waals surface area contributed by atoms with Crippen molar-refractivity contribution < 1.29 is 9.90 Å². The van der Waals surface area contributed by atoms with E-state index >= 15 is 0 Å². The molecule has 146 valence electrons. The fourth-order valence-electron chi connectivity index (χ4n) is 2.81. The summed E-state index contributed by atoms with van der Waals surface area (Å²) >= 11 is 2.60. The molecule has 0 radical (unpaired) electrons. The normalized spacial score (nSPS) is 11.1. The van der Waals surface area contributed by atoms with Gasteiger partial charge in [0.05, 0.1) is 10.5 Å². The lowest BCUT2D eigenvalue weighted by atomic mass is 10.1. The fourth-order valence-corrected chi connectivity index (χ4v) is 4.37. The molecule has 0 atom stereocenters. The third-order valence-corrected chi connectivity index (χ3v) is 6.05. The van der Waals surface area contributed by atoms with Crippen LogP contribution in [0, 0.1) is 11.3 Å². The van der Waals surface area contributed by atoms with Crippen LogP contribution in [0.3, 0.4) is 0 Å². The minimum absolute atomic E-state index is 0.119. The van der Waals surface area contributed by atoms with Gasteiger partial charge in [-0.15, -0.1) is 11.3 Å². The first-order chi connectivity index (χ1) is 14.6. The fraction of sp³-hybridized carbons (Fsp3) is 0. The average molecular weight is 430 g/mol. The predicted octanol–water partition coefficient (Wildman–Crippen LogP) is 5.89. The number of aromatic hydroxyl groups is 1. The Morgan fingerprint density at radius 3 is 2.63 bits per heavy atom. The Bertz CT molecular complexity index is 1250. The van der Waals surface area contributed by atoms with Crippen LogP contribution in [0.4, 0.5) is 5.00 Å². The lowest BCUT2D eigenvalue weighted by Gasteiger charge is -2.03. The van der Waals surface area contributed by atoms with Crippen LogP contribution in [0.5, 0.6) is 5.75 Å². The highest BCUT2D eigenvalue weighted by Gasteiger charge is 2.19. The number of thiazole rings is 1. The van der Waals surface area contributed by atoms with Crippen LogP contribution < -0.4 is 5.32 Å². The number of rotatable bonds is 5. The van der Waals surface area contributed by atoms with Crippen LogP contribution in [0.2, 0.25) is 0 Å². The molecule has 2 aromatic heterocycles. The van der Waals surface area contributed by atoms with E-state index in [1.807, 2.05) is 41.8 Å². The topological polar surface area (TPSA) is 86.0 Å². The van der Waals surface area contributed by atoms with Gasteiger partial charge in [-0.25, -0.2) is 4.98 Å². The van der Waals surface area contributed by atoms with E-state index in [9.17, 15) is 15.2 Å². The molecule has 2 aromatic carbocycles. The summed E-state index contributed by atoms with van der Waals surface area (Å²) < 4.78 is 0. The smallest absolute Gasteiger partial charge is 0.266 e. The number of nitrogens with one attached hydrogen (secondary N) is 1. The predicted molar refractivity (Wildman–Crippen MR) is 121 cm³/mol. The van der Waals surface area contributed by atoms with Crippen LogP contribution in [0.25, 0.3) is 22.9 Å². The second-order valence-corrected chi connectivity index (χ2v) is 8.21. The van der Waals surface area contributed by atoms with Crippen molar-refractivity contribution in [2.75, 3.05) is 5.32 Å². The molecule has 2 heterocycles. The molecule has 2 N–H and O–H groups in total. The summed E-state index contributed by atoms with van der Waals surface area (Å²) in [4.78, 5) is 17.9. The Balaban J connectivity index is 1.76. The highest BCUT2D eigenvalue weighted by atomic mass is 32.1. The van der Waals surface area contributed by atoms with E-state index in [0.717, 1.165) is 5.56 Å². The van der Waals surface area contributed by atoms with Crippen LogP contribution in [-0.2, 0) is 0 Å². The van der Waals surface area contributed by atoms with Crippen LogP contribution in [0.1, 0.15) is 20.2 Å². The van der Waals surface area contributed by atoms with Gasteiger partial charge in [0.1, 0.15) is 27.5 Å². The van der Waals surface area contributed by atoms with Crippen molar-refractivity contribution in [3.05, 3.63) is 87.6 Å². The Kier molecular flexibility index (Phi) is 5.70. The first-order valence-electron chi connectivity index (χ1n) is 8.96. The summed E-state index contributed by atoms with van der Waals surface area (Å²) in [5.74, 6) is -0.0955. The van der Waals surface area contributed by atoms with Crippen molar-refractivity contribution in [1.82, 2.24) is 4.98 Å². The lowest BCUT2D eigenvalue weighted by molar-refractivity contribution is 0.103. The molecule has 0 aliphatic rings. The van der Waals surface area contributed by atoms with Gasteiger partial charge in [0, 0.05) is 5.56 Å². The van der Waals surface area contributed by atoms with Crippen molar-refractivity contribution in [2.24, 2.45) is 0 Å². The van der Waals surface area contributed by atoms with Gasteiger partial charge in [-0.2, -0.15) is 5.26 Å². The number of carbonyl (C=O) groups is 1. The minimum Gasteiger partial charge on any atom is -0.508 e. The molecule has 0 aliphatic heterocycles. The van der Waals surface area contributed by atoms with Crippen LogP contribution in [0.15, 0.2) is 72.1 Å². The molecule has 1 amide bonds. The van der Waals surface area contributed by atoms with Gasteiger partial charge in [0.25, 0.3) is 5.91 Å². The van der Waals surface area contributed by atoms with Gasteiger partial charge in [-0.1, -0.05) is 59.9 Å². The molecule has 4 aromatic rings. The van der Waals surface area contributed by atoms with E-state index < -0.39 is 0 Å². The lowest BCUT2D eigenvalue weighted by Crippen LogP contribution is -2.09. The number of anilines is 1. The molecule has 0 fully saturated rings. The zero-order valence-corrected chi connectivity index (χ0v) is 17.2. The molecule has 0 saturated carbocycles. The number of nitrogens with zero attached hydrogens (tertiary/aromatic N) is 2. The summed E-state index contributed by atoms with van der Waals surface area (Å²) in [7, 11) is 0. The number of benzene rings is 2. The minimum atomic E-state index is -0.215. The number of aromatic nitrogens is 1. The molecule has 0 unspecified atom stereocenters. The number of carbonyl (C=O) groups excluding carboxylic acids is 1.